The maximum Gasteiger partial charge on any atom is 0.256 e. The molecule has 1 unspecified atom stereocenters. The van der Waals surface area contributed by atoms with Crippen molar-refractivity contribution in [3.05, 3.63) is 64.5 Å². The Balaban J connectivity index is 1.34. The average molecular weight is 477 g/mol. The highest BCUT2D eigenvalue weighted by molar-refractivity contribution is 6.05. The molecule has 1 aromatic carbocycles. The van der Waals surface area contributed by atoms with Crippen LogP contribution in [0.2, 0.25) is 0 Å². The first-order valence-electron chi connectivity index (χ1n) is 12.2. The van der Waals surface area contributed by atoms with E-state index in [-0.39, 0.29) is 24.8 Å². The van der Waals surface area contributed by atoms with Crippen molar-refractivity contribution in [1.29, 1.82) is 0 Å². The molecule has 0 bridgehead atoms. The third kappa shape index (κ3) is 4.15. The molecular formula is C27H32N4O4. The number of hydrogen-bond acceptors (Lipinski definition) is 6. The molecule has 0 saturated carbocycles. The predicted octanol–water partition coefficient (Wildman–Crippen LogP) is 2.27. The molecule has 0 spiro atoms. The number of benzene rings is 1. The number of hydrogen-bond donors (Lipinski definition) is 2. The number of aliphatic hydroxyl groups is 1. The van der Waals surface area contributed by atoms with Gasteiger partial charge in [-0.25, -0.2) is 0 Å². The molecule has 2 atom stereocenters. The third-order valence-corrected chi connectivity index (χ3v) is 7.85. The van der Waals surface area contributed by atoms with Crippen LogP contribution in [0.1, 0.15) is 66.0 Å². The minimum Gasteiger partial charge on any atom is -0.383 e. The van der Waals surface area contributed by atoms with Crippen molar-refractivity contribution >= 4 is 17.7 Å². The van der Waals surface area contributed by atoms with E-state index in [0.29, 0.717) is 36.3 Å². The van der Waals surface area contributed by atoms with E-state index in [1.165, 1.54) is 16.0 Å². The van der Waals surface area contributed by atoms with Crippen molar-refractivity contribution in [3.63, 3.8) is 0 Å². The lowest BCUT2D eigenvalue weighted by atomic mass is 9.68. The number of nitrogens with zero attached hydrogens (tertiary/aromatic N) is 3. The van der Waals surface area contributed by atoms with Gasteiger partial charge < -0.3 is 10.0 Å². The molecule has 8 heteroatoms. The second-order valence-corrected chi connectivity index (χ2v) is 10.8. The van der Waals surface area contributed by atoms with Crippen LogP contribution in [0.25, 0.3) is 0 Å². The number of likely N-dealkylation sites (tertiary alicyclic amines) is 1. The first-order valence-corrected chi connectivity index (χ1v) is 12.2. The summed E-state index contributed by atoms with van der Waals surface area (Å²) in [5.74, 6) is -1.01. The molecule has 2 N–H and O–H groups in total. The van der Waals surface area contributed by atoms with Gasteiger partial charge in [0.1, 0.15) is 11.6 Å². The largest absolute Gasteiger partial charge is 0.383 e. The summed E-state index contributed by atoms with van der Waals surface area (Å²) in [6.07, 6.45) is 1.05. The zero-order valence-electron chi connectivity index (χ0n) is 20.5. The molecule has 0 radical (unpaired) electrons. The fraction of sp³-hybridized carbons (Fsp3) is 0.481. The number of amides is 3. The number of aryl methyl sites for hydroxylation is 1. The zero-order valence-corrected chi connectivity index (χ0v) is 20.5. The Bertz CT molecular complexity index is 1190. The van der Waals surface area contributed by atoms with E-state index in [1.54, 1.807) is 12.1 Å². The van der Waals surface area contributed by atoms with Crippen LogP contribution in [-0.2, 0) is 28.3 Å². The highest BCUT2D eigenvalue weighted by Crippen LogP contribution is 2.46. The van der Waals surface area contributed by atoms with Crippen LogP contribution in [0.5, 0.6) is 0 Å². The average Bonchev–Trinajstić information content (AvgIpc) is 3.13. The second kappa shape index (κ2) is 8.53. The van der Waals surface area contributed by atoms with Crippen LogP contribution in [0.4, 0.5) is 0 Å². The summed E-state index contributed by atoms with van der Waals surface area (Å²) >= 11 is 0. The fourth-order valence-corrected chi connectivity index (χ4v) is 5.65. The quantitative estimate of drug-likeness (QED) is 0.657. The van der Waals surface area contributed by atoms with E-state index in [0.717, 1.165) is 13.1 Å². The molecule has 3 aliphatic rings. The third-order valence-electron chi connectivity index (χ3n) is 7.85. The van der Waals surface area contributed by atoms with Crippen molar-refractivity contribution in [3.8, 4) is 0 Å². The molecule has 35 heavy (non-hydrogen) atoms. The van der Waals surface area contributed by atoms with E-state index in [2.05, 4.69) is 55.3 Å². The van der Waals surface area contributed by atoms with Gasteiger partial charge in [0.15, 0.2) is 0 Å². The van der Waals surface area contributed by atoms with Gasteiger partial charge in [0.25, 0.3) is 5.91 Å². The van der Waals surface area contributed by atoms with Crippen LogP contribution in [0.15, 0.2) is 36.4 Å². The summed E-state index contributed by atoms with van der Waals surface area (Å²) in [4.78, 5) is 45.5. The van der Waals surface area contributed by atoms with Gasteiger partial charge in [-0.15, -0.1) is 0 Å². The molecule has 0 aliphatic carbocycles. The SMILES string of the molecule is Cc1ccc(CN2CC[C@](O)(c3ccc4c(n3)CN(C3CCC(=O)NC3=O)C4=O)C(C)(C)C2)cc1. The van der Waals surface area contributed by atoms with Gasteiger partial charge >= 0.3 is 0 Å². The standard InChI is InChI=1S/C27H32N4O4/c1-17-4-6-18(7-5-17)14-30-13-12-27(35,26(2,3)16-30)22-10-8-19-20(28-22)15-31(25(19)34)21-9-11-23(32)29-24(21)33/h4-8,10,21,35H,9,11-16H2,1-3H3,(H,29,32,33)/t21?,27-/m0/s1. The topological polar surface area (TPSA) is 103 Å². The molecule has 8 nitrogen and oxygen atoms in total. The maximum absolute atomic E-state index is 13.0. The number of carbonyl (C=O) groups is 3. The number of aromatic nitrogens is 1. The lowest BCUT2D eigenvalue weighted by Gasteiger charge is -2.50. The minimum atomic E-state index is -1.14. The second-order valence-electron chi connectivity index (χ2n) is 10.8. The van der Waals surface area contributed by atoms with Gasteiger partial charge in [0.2, 0.25) is 11.8 Å². The van der Waals surface area contributed by atoms with Gasteiger partial charge in [0.05, 0.1) is 23.5 Å². The fourth-order valence-electron chi connectivity index (χ4n) is 5.65. The normalized spacial score (nSPS) is 26.6. The highest BCUT2D eigenvalue weighted by Gasteiger charge is 2.50. The van der Waals surface area contributed by atoms with Crippen molar-refractivity contribution in [2.45, 2.75) is 64.8 Å². The number of nitrogens with one attached hydrogen (secondary N) is 1. The lowest BCUT2D eigenvalue weighted by Crippen LogP contribution is -2.55. The molecule has 2 saturated heterocycles. The molecule has 4 heterocycles. The molecule has 2 fully saturated rings. The Morgan fingerprint density at radius 1 is 1.11 bits per heavy atom. The summed E-state index contributed by atoms with van der Waals surface area (Å²) in [5.41, 5.74) is 2.47. The van der Waals surface area contributed by atoms with Crippen molar-refractivity contribution < 1.29 is 19.5 Å². The Kier molecular flexibility index (Phi) is 5.76. The van der Waals surface area contributed by atoms with Gasteiger partial charge in [-0.05, 0) is 37.5 Å². The number of carbonyl (C=O) groups excluding carboxylic acids is 3. The monoisotopic (exact) mass is 476 g/mol. The van der Waals surface area contributed by atoms with E-state index < -0.39 is 23.0 Å². The summed E-state index contributed by atoms with van der Waals surface area (Å²) in [5, 5.41) is 14.2. The van der Waals surface area contributed by atoms with Crippen LogP contribution < -0.4 is 5.32 Å². The number of pyridine rings is 1. The molecule has 1 aromatic heterocycles. The smallest absolute Gasteiger partial charge is 0.256 e. The van der Waals surface area contributed by atoms with Crippen molar-refractivity contribution in [2.75, 3.05) is 13.1 Å². The van der Waals surface area contributed by atoms with Crippen LogP contribution >= 0.6 is 0 Å². The highest BCUT2D eigenvalue weighted by atomic mass is 16.3. The minimum absolute atomic E-state index is 0.199. The number of rotatable bonds is 4. The Hall–Kier alpha value is -3.10. The van der Waals surface area contributed by atoms with E-state index in [1.807, 2.05) is 0 Å². The number of piperidine rings is 2. The Labute approximate surface area is 205 Å². The lowest BCUT2D eigenvalue weighted by molar-refractivity contribution is -0.137. The molecule has 2 aromatic rings. The van der Waals surface area contributed by atoms with E-state index in [9.17, 15) is 19.5 Å². The molecule has 5 rings (SSSR count). The van der Waals surface area contributed by atoms with Gasteiger partial charge in [-0.1, -0.05) is 43.7 Å². The van der Waals surface area contributed by atoms with Gasteiger partial charge in [-0.3, -0.25) is 29.6 Å². The van der Waals surface area contributed by atoms with E-state index in [4.69, 9.17) is 4.98 Å². The van der Waals surface area contributed by atoms with Crippen LogP contribution in [-0.4, -0.2) is 56.7 Å². The zero-order chi connectivity index (χ0) is 25.0. The number of imide groups is 1. The van der Waals surface area contributed by atoms with Crippen LogP contribution in [0.3, 0.4) is 0 Å². The Morgan fingerprint density at radius 2 is 1.86 bits per heavy atom. The summed E-state index contributed by atoms with van der Waals surface area (Å²) in [6.45, 7) is 8.66. The summed E-state index contributed by atoms with van der Waals surface area (Å²) < 4.78 is 0. The summed E-state index contributed by atoms with van der Waals surface area (Å²) in [6, 6.07) is 11.3. The molecule has 184 valence electrons. The number of fused-ring (bicyclic) bond motifs is 1. The first-order chi connectivity index (χ1) is 16.6. The van der Waals surface area contributed by atoms with Crippen LogP contribution in [0, 0.1) is 12.3 Å². The predicted molar refractivity (Wildman–Crippen MR) is 129 cm³/mol. The van der Waals surface area contributed by atoms with Gasteiger partial charge in [-0.2, -0.15) is 0 Å². The molecule has 3 aliphatic heterocycles. The first kappa shape index (κ1) is 23.6. The molecule has 3 amide bonds. The maximum atomic E-state index is 13.0. The van der Waals surface area contributed by atoms with E-state index >= 15 is 0 Å². The Morgan fingerprint density at radius 3 is 2.54 bits per heavy atom. The molecular weight excluding hydrogens is 444 g/mol. The van der Waals surface area contributed by atoms with Crippen molar-refractivity contribution in [2.24, 2.45) is 5.41 Å². The summed E-state index contributed by atoms with van der Waals surface area (Å²) in [7, 11) is 0. The van der Waals surface area contributed by atoms with Crippen molar-refractivity contribution in [1.82, 2.24) is 20.1 Å². The van der Waals surface area contributed by atoms with Gasteiger partial charge in [0, 0.05) is 31.5 Å².